The number of aliphatic hydroxyl groups is 1. The maximum absolute atomic E-state index is 13.4. The maximum Gasteiger partial charge on any atom is 0.573 e. The third kappa shape index (κ3) is 4.50. The van der Waals surface area contributed by atoms with Gasteiger partial charge in [-0.1, -0.05) is 0 Å². The fourth-order valence-corrected chi connectivity index (χ4v) is 1.47. The van der Waals surface area contributed by atoms with Gasteiger partial charge in [-0.3, -0.25) is 0 Å². The van der Waals surface area contributed by atoms with Crippen LogP contribution in [0, 0.1) is 5.82 Å². The van der Waals surface area contributed by atoms with Crippen LogP contribution >= 0.6 is 0 Å². The van der Waals surface area contributed by atoms with Crippen LogP contribution in [-0.2, 0) is 0 Å². The monoisotopic (exact) mass is 267 g/mol. The molecule has 1 aromatic rings. The molecule has 0 aliphatic heterocycles. The van der Waals surface area contributed by atoms with Gasteiger partial charge in [0, 0.05) is 18.2 Å². The highest BCUT2D eigenvalue weighted by atomic mass is 19.4. The minimum Gasteiger partial charge on any atom is -0.406 e. The molecule has 0 aromatic heterocycles. The highest BCUT2D eigenvalue weighted by molar-refractivity contribution is 5.32. The number of nitrogens with two attached hydrogens (primary N) is 1. The third-order valence-corrected chi connectivity index (χ3v) is 2.27. The van der Waals surface area contributed by atoms with Crippen molar-refractivity contribution < 1.29 is 27.4 Å². The number of ether oxygens (including phenoxy) is 1. The van der Waals surface area contributed by atoms with Gasteiger partial charge in [0.15, 0.2) is 0 Å². The third-order valence-electron chi connectivity index (χ3n) is 2.27. The van der Waals surface area contributed by atoms with Crippen molar-refractivity contribution in [2.24, 2.45) is 5.73 Å². The van der Waals surface area contributed by atoms with E-state index < -0.39 is 24.0 Å². The first-order valence-corrected chi connectivity index (χ1v) is 5.25. The van der Waals surface area contributed by atoms with Gasteiger partial charge >= 0.3 is 6.36 Å². The molecule has 102 valence electrons. The molecule has 0 heterocycles. The van der Waals surface area contributed by atoms with Crippen molar-refractivity contribution in [1.29, 1.82) is 0 Å². The van der Waals surface area contributed by atoms with E-state index >= 15 is 0 Å². The molecule has 3 nitrogen and oxygen atoms in total. The van der Waals surface area contributed by atoms with Crippen LogP contribution in [0.2, 0.25) is 0 Å². The molecular formula is C11H13F4NO2. The first kappa shape index (κ1) is 14.7. The van der Waals surface area contributed by atoms with E-state index in [9.17, 15) is 17.6 Å². The molecule has 1 aromatic carbocycles. The van der Waals surface area contributed by atoms with Crippen molar-refractivity contribution in [1.82, 2.24) is 0 Å². The van der Waals surface area contributed by atoms with E-state index in [1.54, 1.807) is 0 Å². The number of rotatable bonds is 5. The Hall–Kier alpha value is -1.34. The van der Waals surface area contributed by atoms with Crippen LogP contribution in [0.4, 0.5) is 17.6 Å². The van der Waals surface area contributed by atoms with Crippen LogP contribution in [0.5, 0.6) is 5.75 Å². The molecule has 0 radical (unpaired) electrons. The van der Waals surface area contributed by atoms with Gasteiger partial charge in [-0.05, 0) is 31.0 Å². The lowest BCUT2D eigenvalue weighted by Crippen LogP contribution is -2.18. The molecule has 0 fully saturated rings. The van der Waals surface area contributed by atoms with Crippen molar-refractivity contribution in [3.8, 4) is 5.75 Å². The fraction of sp³-hybridized carbons (Fsp3) is 0.455. The van der Waals surface area contributed by atoms with E-state index in [4.69, 9.17) is 10.8 Å². The van der Waals surface area contributed by atoms with Crippen molar-refractivity contribution in [3.05, 3.63) is 29.6 Å². The molecule has 0 spiro atoms. The van der Waals surface area contributed by atoms with Crippen molar-refractivity contribution in [2.75, 3.05) is 6.61 Å². The molecule has 0 saturated carbocycles. The summed E-state index contributed by atoms with van der Waals surface area (Å²) >= 11 is 0. The Balaban J connectivity index is 2.87. The second-order valence-corrected chi connectivity index (χ2v) is 3.70. The zero-order valence-electron chi connectivity index (χ0n) is 9.38. The summed E-state index contributed by atoms with van der Waals surface area (Å²) in [6, 6.07) is 1.89. The first-order chi connectivity index (χ1) is 8.33. The Labute approximate surface area is 101 Å². The predicted octanol–water partition coefficient (Wildman–Crippen LogP) is 2.50. The van der Waals surface area contributed by atoms with Gasteiger partial charge < -0.3 is 15.6 Å². The van der Waals surface area contributed by atoms with Crippen LogP contribution in [0.3, 0.4) is 0 Å². The number of halogens is 4. The normalized spacial score (nSPS) is 13.4. The topological polar surface area (TPSA) is 55.5 Å². The summed E-state index contributed by atoms with van der Waals surface area (Å²) in [5, 5.41) is 8.62. The molecule has 0 saturated heterocycles. The minimum atomic E-state index is -4.83. The Kier molecular flexibility index (Phi) is 4.92. The minimum absolute atomic E-state index is 0.0646. The summed E-state index contributed by atoms with van der Waals surface area (Å²) in [5.41, 5.74) is 5.56. The largest absolute Gasteiger partial charge is 0.573 e. The van der Waals surface area contributed by atoms with Crippen LogP contribution in [0.25, 0.3) is 0 Å². The van der Waals surface area contributed by atoms with E-state index in [2.05, 4.69) is 4.74 Å². The molecule has 7 heteroatoms. The van der Waals surface area contributed by atoms with Gasteiger partial charge in [0.2, 0.25) is 0 Å². The van der Waals surface area contributed by atoms with Crippen molar-refractivity contribution in [2.45, 2.75) is 25.2 Å². The second kappa shape index (κ2) is 6.01. The Morgan fingerprint density at radius 1 is 1.33 bits per heavy atom. The van der Waals surface area contributed by atoms with E-state index in [0.717, 1.165) is 18.2 Å². The zero-order chi connectivity index (χ0) is 13.8. The highest BCUT2D eigenvalue weighted by Crippen LogP contribution is 2.28. The summed E-state index contributed by atoms with van der Waals surface area (Å²) in [6.07, 6.45) is -4.22. The summed E-state index contributed by atoms with van der Waals surface area (Å²) in [5.74, 6) is -1.21. The lowest BCUT2D eigenvalue weighted by Gasteiger charge is -2.15. The molecule has 1 rings (SSSR count). The molecule has 18 heavy (non-hydrogen) atoms. The predicted molar refractivity (Wildman–Crippen MR) is 56.3 cm³/mol. The molecule has 0 bridgehead atoms. The second-order valence-electron chi connectivity index (χ2n) is 3.70. The molecule has 0 aliphatic carbocycles. The van der Waals surface area contributed by atoms with Gasteiger partial charge in [0.1, 0.15) is 11.6 Å². The fourth-order valence-electron chi connectivity index (χ4n) is 1.47. The first-order valence-electron chi connectivity index (χ1n) is 5.25. The summed E-state index contributed by atoms with van der Waals surface area (Å²) < 4.78 is 53.1. The number of hydrogen-bond donors (Lipinski definition) is 2. The van der Waals surface area contributed by atoms with Crippen molar-refractivity contribution >= 4 is 0 Å². The van der Waals surface area contributed by atoms with E-state index in [1.165, 1.54) is 0 Å². The number of benzene rings is 1. The Morgan fingerprint density at radius 3 is 2.56 bits per heavy atom. The molecular weight excluding hydrogens is 254 g/mol. The smallest absolute Gasteiger partial charge is 0.406 e. The van der Waals surface area contributed by atoms with E-state index in [-0.39, 0.29) is 18.6 Å². The Morgan fingerprint density at radius 2 is 2.00 bits per heavy atom. The molecule has 0 unspecified atom stereocenters. The summed E-state index contributed by atoms with van der Waals surface area (Å²) in [7, 11) is 0. The highest BCUT2D eigenvalue weighted by Gasteiger charge is 2.31. The van der Waals surface area contributed by atoms with Gasteiger partial charge in [-0.15, -0.1) is 13.2 Å². The average molecular weight is 267 g/mol. The molecule has 0 aliphatic rings. The average Bonchev–Trinajstić information content (AvgIpc) is 2.26. The molecule has 3 N–H and O–H groups in total. The zero-order valence-corrected chi connectivity index (χ0v) is 9.38. The maximum atomic E-state index is 13.4. The Bertz CT molecular complexity index is 395. The standard InChI is InChI=1S/C11H13F4NO2/c12-9-4-3-7(18-11(13,14)15)6-8(9)10(16)2-1-5-17/h3-4,6,10,17H,1-2,5,16H2/t10-/m0/s1. The molecule has 1 atom stereocenters. The SMILES string of the molecule is N[C@@H](CCCO)c1cc(OC(F)(F)F)ccc1F. The van der Waals surface area contributed by atoms with Crippen molar-refractivity contribution in [3.63, 3.8) is 0 Å². The van der Waals surface area contributed by atoms with Crippen LogP contribution in [-0.4, -0.2) is 18.1 Å². The van der Waals surface area contributed by atoms with Gasteiger partial charge in [-0.25, -0.2) is 4.39 Å². The van der Waals surface area contributed by atoms with Crippen LogP contribution < -0.4 is 10.5 Å². The van der Waals surface area contributed by atoms with E-state index in [1.807, 2.05) is 0 Å². The van der Waals surface area contributed by atoms with Crippen LogP contribution in [0.15, 0.2) is 18.2 Å². The van der Waals surface area contributed by atoms with Gasteiger partial charge in [-0.2, -0.15) is 0 Å². The quantitative estimate of drug-likeness (QED) is 0.806. The summed E-state index contributed by atoms with van der Waals surface area (Å²) in [6.45, 7) is -0.117. The lowest BCUT2D eigenvalue weighted by atomic mass is 10.0. The van der Waals surface area contributed by atoms with E-state index in [0.29, 0.717) is 6.42 Å². The number of aliphatic hydroxyl groups excluding tert-OH is 1. The van der Waals surface area contributed by atoms with Crippen LogP contribution in [0.1, 0.15) is 24.4 Å². The lowest BCUT2D eigenvalue weighted by molar-refractivity contribution is -0.274. The number of alkyl halides is 3. The van der Waals surface area contributed by atoms with Gasteiger partial charge in [0.05, 0.1) is 0 Å². The summed E-state index contributed by atoms with van der Waals surface area (Å²) in [4.78, 5) is 0. The molecule has 0 amide bonds. The van der Waals surface area contributed by atoms with Gasteiger partial charge in [0.25, 0.3) is 0 Å². The number of hydrogen-bond acceptors (Lipinski definition) is 3.